The number of nitrogens with zero attached hydrogens (tertiary/aromatic N) is 2. The Balaban J connectivity index is 0.000000975. The fraction of sp³-hybridized carbons (Fsp3) is 0.467. The summed E-state index contributed by atoms with van der Waals surface area (Å²) in [5.74, 6) is -0.721. The van der Waals surface area contributed by atoms with E-state index in [-0.39, 0.29) is 22.9 Å². The van der Waals surface area contributed by atoms with Crippen molar-refractivity contribution in [2.24, 2.45) is 0 Å². The highest BCUT2D eigenvalue weighted by molar-refractivity contribution is 7.18. The first-order valence-corrected chi connectivity index (χ1v) is 14.4. The smallest absolute Gasteiger partial charge is 0.189 e. The fourth-order valence-corrected chi connectivity index (χ4v) is 4.58. The van der Waals surface area contributed by atoms with Gasteiger partial charge in [0.2, 0.25) is 0 Å². The summed E-state index contributed by atoms with van der Waals surface area (Å²) in [6.45, 7) is 14.4. The van der Waals surface area contributed by atoms with E-state index in [1.165, 1.54) is 38.5 Å². The number of thiazole rings is 1. The normalized spacial score (nSPS) is 16.4. The van der Waals surface area contributed by atoms with Gasteiger partial charge in [0.1, 0.15) is 22.7 Å². The molecule has 2 heterocycles. The zero-order chi connectivity index (χ0) is 29.4. The first-order valence-electron chi connectivity index (χ1n) is 13.6. The lowest BCUT2D eigenvalue weighted by Crippen LogP contribution is -2.34. The number of nitrogen functional groups attached to an aromatic ring is 1. The van der Waals surface area contributed by atoms with Gasteiger partial charge in [-0.3, -0.25) is 4.79 Å². The molecule has 0 bridgehead atoms. The Bertz CT molecular complexity index is 1080. The van der Waals surface area contributed by atoms with Crippen molar-refractivity contribution in [3.63, 3.8) is 0 Å². The molecule has 0 spiro atoms. The molecule has 1 aliphatic heterocycles. The number of likely N-dealkylation sites (tertiary alicyclic amines) is 1. The summed E-state index contributed by atoms with van der Waals surface area (Å²) in [4.78, 5) is 19.1. The summed E-state index contributed by atoms with van der Waals surface area (Å²) in [7, 11) is 2.18. The maximum atomic E-state index is 13.4. The first kappa shape index (κ1) is 34.0. The largest absolute Gasteiger partial charge is 0.383 e. The highest BCUT2D eigenvalue weighted by atomic mass is 32.1. The van der Waals surface area contributed by atoms with Gasteiger partial charge in [-0.2, -0.15) is 0 Å². The molecule has 2 unspecified atom stereocenters. The monoisotopic (exact) mass is 561 g/mol. The molecular formula is C30H45F2N5OS. The van der Waals surface area contributed by atoms with Crippen LogP contribution in [0.25, 0.3) is 5.70 Å². The molecule has 0 saturated carbocycles. The van der Waals surface area contributed by atoms with Crippen molar-refractivity contribution >= 4 is 39.5 Å². The molecule has 0 amide bonds. The number of Topliss-reactive ketones (excluding diaryl/α,β-unsaturated/α-hetero) is 1. The van der Waals surface area contributed by atoms with Gasteiger partial charge < -0.3 is 21.3 Å². The Morgan fingerprint density at radius 2 is 1.97 bits per heavy atom. The standard InChI is InChI=1S/C24H32FN5OS.C4H7F.C2H6/c1-4-7-20(27-15-19-8-6-13-30(19)3)16-9-11-18(12-10-16)28-24-29-23(26)22(32-24)21(31)14-17(25)5-2;1-3-4(2)5;1-2/h5,7,9-12,19,27H,4,6,8,13-15,26H2,1-3H3,(H,28,29);3-4H,1H2,2H3;1-2H3/b17-5+,20-7-;;. The summed E-state index contributed by atoms with van der Waals surface area (Å²) < 4.78 is 24.7. The van der Waals surface area contributed by atoms with Gasteiger partial charge in [-0.25, -0.2) is 13.8 Å². The van der Waals surface area contributed by atoms with Crippen LogP contribution in [0.1, 0.15) is 75.5 Å². The molecule has 216 valence electrons. The molecule has 6 nitrogen and oxygen atoms in total. The summed E-state index contributed by atoms with van der Waals surface area (Å²) in [5.41, 5.74) is 8.98. The number of allylic oxidation sites excluding steroid dienone is 4. The third-order valence-corrected chi connectivity index (χ3v) is 6.96. The second kappa shape index (κ2) is 18.3. The number of nitrogens with one attached hydrogen (secondary N) is 2. The summed E-state index contributed by atoms with van der Waals surface area (Å²) in [5, 5.41) is 7.32. The van der Waals surface area contributed by atoms with E-state index in [4.69, 9.17) is 5.73 Å². The van der Waals surface area contributed by atoms with Crippen LogP contribution in [0.4, 0.5) is 25.4 Å². The van der Waals surface area contributed by atoms with Crippen molar-refractivity contribution in [3.05, 3.63) is 65.3 Å². The maximum absolute atomic E-state index is 13.4. The van der Waals surface area contributed by atoms with Crippen molar-refractivity contribution in [2.45, 2.75) is 72.5 Å². The van der Waals surface area contributed by atoms with Gasteiger partial charge >= 0.3 is 0 Å². The van der Waals surface area contributed by atoms with Crippen molar-refractivity contribution < 1.29 is 13.6 Å². The lowest BCUT2D eigenvalue weighted by Gasteiger charge is -2.21. The molecule has 1 aromatic heterocycles. The Morgan fingerprint density at radius 3 is 2.49 bits per heavy atom. The van der Waals surface area contributed by atoms with Crippen LogP contribution < -0.4 is 16.4 Å². The second-order valence-corrected chi connectivity index (χ2v) is 9.87. The highest BCUT2D eigenvalue weighted by Gasteiger charge is 2.21. The summed E-state index contributed by atoms with van der Waals surface area (Å²) in [6, 6.07) is 8.63. The van der Waals surface area contributed by atoms with Gasteiger partial charge in [-0.15, -0.1) is 6.58 Å². The van der Waals surface area contributed by atoms with E-state index in [1.807, 2.05) is 26.0 Å². The molecule has 4 N–H and O–H groups in total. The number of anilines is 3. The van der Waals surface area contributed by atoms with Crippen LogP contribution in [-0.4, -0.2) is 48.0 Å². The molecular weight excluding hydrogens is 516 g/mol. The number of carbonyl (C=O) groups is 1. The average molecular weight is 562 g/mol. The van der Waals surface area contributed by atoms with Gasteiger partial charge in [0, 0.05) is 24.0 Å². The molecule has 0 radical (unpaired) electrons. The lowest BCUT2D eigenvalue weighted by atomic mass is 10.1. The molecule has 9 heteroatoms. The minimum atomic E-state index is -0.852. The number of ketones is 1. The lowest BCUT2D eigenvalue weighted by molar-refractivity contribution is 0.0991. The molecule has 1 saturated heterocycles. The number of carbonyl (C=O) groups excluding carboxylic acids is 1. The molecule has 0 aliphatic carbocycles. The Morgan fingerprint density at radius 1 is 1.33 bits per heavy atom. The maximum Gasteiger partial charge on any atom is 0.189 e. The van der Waals surface area contributed by atoms with Crippen LogP contribution in [0.2, 0.25) is 0 Å². The number of likely N-dealkylation sites (N-methyl/N-ethyl adjacent to an activating group) is 1. The highest BCUT2D eigenvalue weighted by Crippen LogP contribution is 2.30. The summed E-state index contributed by atoms with van der Waals surface area (Å²) >= 11 is 1.14. The van der Waals surface area contributed by atoms with Crippen molar-refractivity contribution in [2.75, 3.05) is 31.2 Å². The van der Waals surface area contributed by atoms with E-state index in [9.17, 15) is 13.6 Å². The van der Waals surface area contributed by atoms with E-state index in [1.54, 1.807) is 6.92 Å². The zero-order valence-electron chi connectivity index (χ0n) is 24.2. The molecule has 3 rings (SSSR count). The van der Waals surface area contributed by atoms with Crippen LogP contribution in [0, 0.1) is 0 Å². The van der Waals surface area contributed by atoms with E-state index >= 15 is 0 Å². The number of alkyl halides is 1. The van der Waals surface area contributed by atoms with Crippen LogP contribution >= 0.6 is 11.3 Å². The van der Waals surface area contributed by atoms with Gasteiger partial charge in [0.05, 0.1) is 6.42 Å². The fourth-order valence-electron chi connectivity index (χ4n) is 3.74. The minimum Gasteiger partial charge on any atom is -0.383 e. The van der Waals surface area contributed by atoms with E-state index in [0.717, 1.165) is 41.3 Å². The predicted octanol–water partition coefficient (Wildman–Crippen LogP) is 7.91. The molecule has 2 atom stereocenters. The van der Waals surface area contributed by atoms with Crippen molar-refractivity contribution in [1.29, 1.82) is 0 Å². The minimum absolute atomic E-state index is 0.122. The summed E-state index contributed by atoms with van der Waals surface area (Å²) in [6.07, 6.45) is 7.02. The number of hydrogen-bond acceptors (Lipinski definition) is 7. The number of hydrogen-bond donors (Lipinski definition) is 3. The third kappa shape index (κ3) is 11.7. The molecule has 2 aromatic rings. The van der Waals surface area contributed by atoms with Crippen LogP contribution in [0.15, 0.2) is 54.9 Å². The zero-order valence-corrected chi connectivity index (χ0v) is 25.0. The number of aromatic nitrogens is 1. The van der Waals surface area contributed by atoms with Gasteiger partial charge in [0.25, 0.3) is 0 Å². The van der Waals surface area contributed by atoms with Crippen LogP contribution in [0.3, 0.4) is 0 Å². The van der Waals surface area contributed by atoms with Gasteiger partial charge in [0.15, 0.2) is 10.9 Å². The topological polar surface area (TPSA) is 83.3 Å². The number of nitrogens with two attached hydrogens (primary N) is 1. The average Bonchev–Trinajstić information content (AvgIpc) is 3.52. The number of halogens is 2. The van der Waals surface area contributed by atoms with Crippen LogP contribution in [-0.2, 0) is 0 Å². The third-order valence-electron chi connectivity index (χ3n) is 5.93. The SMILES string of the molecule is C/C=C(/F)CC(=O)c1sc(Nc2ccc(/C(=C/CC)NCC3CCCN3C)cc2)nc1N.C=CC(C)F.CC. The number of benzene rings is 1. The number of rotatable bonds is 11. The van der Waals surface area contributed by atoms with Crippen LogP contribution in [0.5, 0.6) is 0 Å². The van der Waals surface area contributed by atoms with E-state index in [0.29, 0.717) is 11.2 Å². The molecule has 1 aromatic carbocycles. The van der Waals surface area contributed by atoms with Gasteiger partial charge in [-0.05, 0) is 64.4 Å². The predicted molar refractivity (Wildman–Crippen MR) is 164 cm³/mol. The Labute approximate surface area is 237 Å². The molecule has 1 aliphatic rings. The second-order valence-electron chi connectivity index (χ2n) is 8.87. The van der Waals surface area contributed by atoms with Crippen molar-refractivity contribution in [1.82, 2.24) is 15.2 Å². The van der Waals surface area contributed by atoms with E-state index in [2.05, 4.69) is 59.3 Å². The quantitative estimate of drug-likeness (QED) is 0.191. The first-order chi connectivity index (χ1) is 18.7. The van der Waals surface area contributed by atoms with E-state index < -0.39 is 12.0 Å². The molecule has 1 fully saturated rings. The van der Waals surface area contributed by atoms with Crippen molar-refractivity contribution in [3.8, 4) is 0 Å². The Hall–Kier alpha value is -3.04. The Kier molecular flexibility index (Phi) is 15.9. The van der Waals surface area contributed by atoms with Gasteiger partial charge in [-0.1, -0.05) is 62.5 Å². The molecule has 39 heavy (non-hydrogen) atoms.